The predicted octanol–water partition coefficient (Wildman–Crippen LogP) is 1.62. The van der Waals surface area contributed by atoms with Crippen molar-refractivity contribution in [3.05, 3.63) is 34.5 Å². The Hall–Kier alpha value is -1.18. The first-order valence-corrected chi connectivity index (χ1v) is 8.30. The molecular weight excluding hydrogens is 282 g/mol. The molecule has 0 aromatic carbocycles. The highest BCUT2D eigenvalue weighted by molar-refractivity contribution is 7.91. The highest BCUT2D eigenvalue weighted by Gasteiger charge is 2.15. The third-order valence-corrected chi connectivity index (χ3v) is 5.94. The first-order chi connectivity index (χ1) is 8.92. The second-order valence-electron chi connectivity index (χ2n) is 4.35. The van der Waals surface area contributed by atoms with Crippen LogP contribution in [0.25, 0.3) is 0 Å². The molecule has 7 heteroatoms. The van der Waals surface area contributed by atoms with Gasteiger partial charge in [0.05, 0.1) is 5.69 Å². The first-order valence-electron chi connectivity index (χ1n) is 5.94. The normalized spacial score (nSPS) is 11.9. The van der Waals surface area contributed by atoms with Crippen LogP contribution in [0.15, 0.2) is 21.7 Å². The zero-order chi connectivity index (χ0) is 14.0. The average molecular weight is 299 g/mol. The van der Waals surface area contributed by atoms with Crippen LogP contribution in [0.2, 0.25) is 0 Å². The number of hydrogen-bond donors (Lipinski definition) is 1. The van der Waals surface area contributed by atoms with Gasteiger partial charge in [0.2, 0.25) is 10.0 Å². The van der Waals surface area contributed by atoms with Crippen LogP contribution in [0.1, 0.15) is 17.0 Å². The van der Waals surface area contributed by atoms with Gasteiger partial charge < -0.3 is 0 Å². The van der Waals surface area contributed by atoms with E-state index in [0.29, 0.717) is 17.2 Å². The van der Waals surface area contributed by atoms with Crippen LogP contribution < -0.4 is 4.72 Å². The van der Waals surface area contributed by atoms with Gasteiger partial charge in [0.25, 0.3) is 0 Å². The molecule has 0 atom stereocenters. The molecule has 0 spiro atoms. The molecule has 0 aliphatic carbocycles. The molecule has 0 saturated heterocycles. The predicted molar refractivity (Wildman–Crippen MR) is 75.9 cm³/mol. The summed E-state index contributed by atoms with van der Waals surface area (Å²) in [5.41, 5.74) is 3.14. The van der Waals surface area contributed by atoms with Gasteiger partial charge in [-0.1, -0.05) is 6.07 Å². The second-order valence-corrected chi connectivity index (χ2v) is 7.29. The Labute approximate surface area is 117 Å². The van der Waals surface area contributed by atoms with Crippen LogP contribution in [0.4, 0.5) is 0 Å². The number of nitrogens with zero attached hydrogens (tertiary/aromatic N) is 2. The fourth-order valence-corrected chi connectivity index (χ4v) is 4.05. The van der Waals surface area contributed by atoms with Gasteiger partial charge in [-0.2, -0.15) is 5.10 Å². The molecule has 0 aliphatic rings. The van der Waals surface area contributed by atoms with E-state index in [9.17, 15) is 8.42 Å². The van der Waals surface area contributed by atoms with Gasteiger partial charge in [-0.3, -0.25) is 4.68 Å². The van der Waals surface area contributed by atoms with Crippen LogP contribution in [-0.2, 0) is 23.5 Å². The van der Waals surface area contributed by atoms with Crippen LogP contribution in [0.5, 0.6) is 0 Å². The molecule has 0 aliphatic heterocycles. The number of hydrogen-bond acceptors (Lipinski definition) is 4. The summed E-state index contributed by atoms with van der Waals surface area (Å²) >= 11 is 1.22. The summed E-state index contributed by atoms with van der Waals surface area (Å²) in [4.78, 5) is 0. The topological polar surface area (TPSA) is 64.0 Å². The van der Waals surface area contributed by atoms with E-state index in [2.05, 4.69) is 9.82 Å². The lowest BCUT2D eigenvalue weighted by Gasteiger charge is -2.05. The minimum atomic E-state index is -3.36. The van der Waals surface area contributed by atoms with Gasteiger partial charge in [0, 0.05) is 19.3 Å². The molecule has 2 aromatic rings. The molecular formula is C12H17N3O2S2. The largest absolute Gasteiger partial charge is 0.272 e. The fraction of sp³-hybridized carbons (Fsp3) is 0.417. The molecule has 19 heavy (non-hydrogen) atoms. The molecule has 5 nitrogen and oxygen atoms in total. The molecule has 0 unspecified atom stereocenters. The second kappa shape index (κ2) is 5.44. The zero-order valence-corrected chi connectivity index (χ0v) is 12.8. The van der Waals surface area contributed by atoms with E-state index in [1.165, 1.54) is 11.3 Å². The maximum absolute atomic E-state index is 11.9. The van der Waals surface area contributed by atoms with Crippen molar-refractivity contribution < 1.29 is 8.42 Å². The third kappa shape index (κ3) is 3.05. The first kappa shape index (κ1) is 14.2. The van der Waals surface area contributed by atoms with Crippen LogP contribution in [0, 0.1) is 13.8 Å². The summed E-state index contributed by atoms with van der Waals surface area (Å²) in [6.45, 7) is 4.31. The Morgan fingerprint density at radius 3 is 2.68 bits per heavy atom. The summed E-state index contributed by atoms with van der Waals surface area (Å²) < 4.78 is 28.7. The third-order valence-electron chi connectivity index (χ3n) is 3.09. The van der Waals surface area contributed by atoms with Gasteiger partial charge in [0.1, 0.15) is 4.21 Å². The molecule has 1 N–H and O–H groups in total. The van der Waals surface area contributed by atoms with Crippen LogP contribution in [0.3, 0.4) is 0 Å². The standard InChI is InChI=1S/C12H17N3O2S2/c1-9-11(10(2)15(3)14-9)6-7-13-19(16,17)12-5-4-8-18-12/h4-5,8,13H,6-7H2,1-3H3. The smallest absolute Gasteiger partial charge is 0.250 e. The number of aromatic nitrogens is 2. The number of aryl methyl sites for hydroxylation is 2. The summed E-state index contributed by atoms with van der Waals surface area (Å²) in [6, 6.07) is 3.34. The molecule has 0 amide bonds. The van der Waals surface area contributed by atoms with Crippen molar-refractivity contribution in [3.63, 3.8) is 0 Å². The van der Waals surface area contributed by atoms with Gasteiger partial charge in [0.15, 0.2) is 0 Å². The van der Waals surface area contributed by atoms with Crippen molar-refractivity contribution in [1.82, 2.24) is 14.5 Å². The lowest BCUT2D eigenvalue weighted by atomic mass is 10.1. The zero-order valence-electron chi connectivity index (χ0n) is 11.2. The summed E-state index contributed by atoms with van der Waals surface area (Å²) in [5.74, 6) is 0. The van der Waals surface area contributed by atoms with Gasteiger partial charge in [-0.15, -0.1) is 11.3 Å². The van der Waals surface area contributed by atoms with Crippen molar-refractivity contribution in [2.75, 3.05) is 6.54 Å². The van der Waals surface area contributed by atoms with Crippen molar-refractivity contribution >= 4 is 21.4 Å². The van der Waals surface area contributed by atoms with Gasteiger partial charge >= 0.3 is 0 Å². The lowest BCUT2D eigenvalue weighted by Crippen LogP contribution is -2.25. The van der Waals surface area contributed by atoms with E-state index in [4.69, 9.17) is 0 Å². The van der Waals surface area contributed by atoms with Gasteiger partial charge in [-0.05, 0) is 37.3 Å². The Bertz CT molecular complexity index is 657. The SMILES string of the molecule is Cc1nn(C)c(C)c1CCNS(=O)(=O)c1cccs1. The Kier molecular flexibility index (Phi) is 4.07. The minimum absolute atomic E-state index is 0.354. The molecule has 2 aromatic heterocycles. The number of rotatable bonds is 5. The van der Waals surface area contributed by atoms with E-state index in [-0.39, 0.29) is 0 Å². The van der Waals surface area contributed by atoms with Crippen LogP contribution in [-0.4, -0.2) is 24.7 Å². The van der Waals surface area contributed by atoms with E-state index in [1.807, 2.05) is 25.6 Å². The summed E-state index contributed by atoms with van der Waals surface area (Å²) in [6.07, 6.45) is 0.649. The molecule has 2 heterocycles. The number of nitrogens with one attached hydrogen (secondary N) is 1. The summed E-state index contributed by atoms with van der Waals surface area (Å²) in [5, 5.41) is 6.07. The fourth-order valence-electron chi connectivity index (χ4n) is 1.98. The van der Waals surface area contributed by atoms with Crippen molar-refractivity contribution in [2.24, 2.45) is 7.05 Å². The van der Waals surface area contributed by atoms with E-state index >= 15 is 0 Å². The number of sulfonamides is 1. The molecule has 0 fully saturated rings. The van der Waals surface area contributed by atoms with E-state index in [1.54, 1.807) is 17.5 Å². The quantitative estimate of drug-likeness (QED) is 0.912. The van der Waals surface area contributed by atoms with Gasteiger partial charge in [-0.25, -0.2) is 13.1 Å². The molecule has 0 saturated carbocycles. The van der Waals surface area contributed by atoms with Crippen LogP contribution >= 0.6 is 11.3 Å². The maximum atomic E-state index is 11.9. The Balaban J connectivity index is 2.01. The van der Waals surface area contributed by atoms with Crippen molar-refractivity contribution in [1.29, 1.82) is 0 Å². The lowest BCUT2D eigenvalue weighted by molar-refractivity contribution is 0.583. The van der Waals surface area contributed by atoms with E-state index in [0.717, 1.165) is 17.0 Å². The highest BCUT2D eigenvalue weighted by atomic mass is 32.2. The maximum Gasteiger partial charge on any atom is 0.250 e. The molecule has 2 rings (SSSR count). The minimum Gasteiger partial charge on any atom is -0.272 e. The van der Waals surface area contributed by atoms with Crippen molar-refractivity contribution in [2.45, 2.75) is 24.5 Å². The summed E-state index contributed by atoms with van der Waals surface area (Å²) in [7, 11) is -1.47. The highest BCUT2D eigenvalue weighted by Crippen LogP contribution is 2.16. The van der Waals surface area contributed by atoms with Crippen molar-refractivity contribution in [3.8, 4) is 0 Å². The molecule has 0 radical (unpaired) electrons. The molecule has 0 bridgehead atoms. The Morgan fingerprint density at radius 1 is 1.42 bits per heavy atom. The Morgan fingerprint density at radius 2 is 2.16 bits per heavy atom. The monoisotopic (exact) mass is 299 g/mol. The number of thiophene rings is 1. The molecule has 104 valence electrons. The average Bonchev–Trinajstić information content (AvgIpc) is 2.94. The van der Waals surface area contributed by atoms with E-state index < -0.39 is 10.0 Å².